The Morgan fingerprint density at radius 3 is 2.26 bits per heavy atom. The molecule has 4 rings (SSSR count). The van der Waals surface area contributed by atoms with Gasteiger partial charge in [0.25, 0.3) is 5.91 Å². The number of hydrogen-bond acceptors (Lipinski definition) is 5. The maximum absolute atomic E-state index is 13.4. The van der Waals surface area contributed by atoms with Gasteiger partial charge in [0.15, 0.2) is 0 Å². The minimum Gasteiger partial charge on any atom is -0.480 e. The van der Waals surface area contributed by atoms with E-state index in [1.807, 2.05) is 0 Å². The number of rotatable bonds is 7. The Labute approximate surface area is 234 Å². The number of hydrogen-bond donors (Lipinski definition) is 4. The highest BCUT2D eigenvalue weighted by Gasteiger charge is 2.36. The molecule has 8 nitrogen and oxygen atoms in total. The van der Waals surface area contributed by atoms with E-state index in [-0.39, 0.29) is 31.8 Å². The average Bonchev–Trinajstić information content (AvgIpc) is 3.33. The minimum atomic E-state index is -1.07. The number of allylic oxidation sites excluding steroid dienone is 1. The highest BCUT2D eigenvalue weighted by Crippen LogP contribution is 2.47. The molecule has 11 heteroatoms. The molecule has 2 atom stereocenters. The Bertz CT molecular complexity index is 1280. The van der Waals surface area contributed by atoms with Crippen LogP contribution in [0.25, 0.3) is 0 Å². The van der Waals surface area contributed by atoms with E-state index < -0.39 is 23.9 Å². The van der Waals surface area contributed by atoms with Gasteiger partial charge >= 0.3 is 12.0 Å². The molecule has 3 amide bonds. The smallest absolute Gasteiger partial charge is 0.326 e. The zero-order valence-corrected chi connectivity index (χ0v) is 22.6. The molecule has 2 aromatic carbocycles. The lowest BCUT2D eigenvalue weighted by Gasteiger charge is -2.28. The third-order valence-electron chi connectivity index (χ3n) is 6.68. The molecule has 4 N–H and O–H groups in total. The number of aliphatic carboxylic acids is 1. The predicted octanol–water partition coefficient (Wildman–Crippen LogP) is 6.23. The van der Waals surface area contributed by atoms with E-state index in [9.17, 15) is 19.5 Å². The standard InChI is InChI=1S/C27H26Cl2N4O4S/c28-18-7-4-8-19(29)23(18)33-27(37)31-20-13-21(16-11-9-15(14-30)10-12-16)38-24(20)25(34)32-22(26(35)36)17-5-2-1-3-6-17/h4,7-12,17,21-22H,1-3,5-6,13H2,(H,32,34)(H,35,36)(H2,31,33,37)/t21?,22-/m0/s1. The number of benzene rings is 2. The van der Waals surface area contributed by atoms with Gasteiger partial charge in [0.1, 0.15) is 6.04 Å². The van der Waals surface area contributed by atoms with E-state index in [2.05, 4.69) is 22.0 Å². The number of carboxylic acid groups (broad SMARTS) is 1. The van der Waals surface area contributed by atoms with Gasteiger partial charge in [-0.15, -0.1) is 11.8 Å². The maximum atomic E-state index is 13.4. The third kappa shape index (κ3) is 6.62. The number of halogens is 2. The predicted molar refractivity (Wildman–Crippen MR) is 148 cm³/mol. The quantitative estimate of drug-likeness (QED) is 0.311. The fourth-order valence-electron chi connectivity index (χ4n) is 4.74. The van der Waals surface area contributed by atoms with Gasteiger partial charge in [0, 0.05) is 17.4 Å². The Kier molecular flexibility index (Phi) is 9.21. The minimum absolute atomic E-state index is 0.145. The number of carboxylic acids is 1. The normalized spacial score (nSPS) is 18.4. The van der Waals surface area contributed by atoms with Crippen LogP contribution in [0.15, 0.2) is 53.1 Å². The molecular formula is C27H26Cl2N4O4S. The van der Waals surface area contributed by atoms with Gasteiger partial charge in [-0.25, -0.2) is 9.59 Å². The molecule has 2 aromatic rings. The zero-order valence-electron chi connectivity index (χ0n) is 20.3. The van der Waals surface area contributed by atoms with Crippen LogP contribution in [0.1, 0.15) is 54.9 Å². The van der Waals surface area contributed by atoms with Gasteiger partial charge in [-0.1, -0.05) is 60.7 Å². The lowest BCUT2D eigenvalue weighted by atomic mass is 9.84. The first kappa shape index (κ1) is 27.8. The molecule has 1 unspecified atom stereocenters. The van der Waals surface area contributed by atoms with Crippen LogP contribution < -0.4 is 16.0 Å². The molecule has 0 saturated heterocycles. The van der Waals surface area contributed by atoms with Gasteiger partial charge in [-0.3, -0.25) is 4.79 Å². The fraction of sp³-hybridized carbons (Fsp3) is 0.333. The first-order valence-corrected chi connectivity index (χ1v) is 13.9. The number of nitrogens with zero attached hydrogens (tertiary/aromatic N) is 1. The topological polar surface area (TPSA) is 131 Å². The van der Waals surface area contributed by atoms with Crippen molar-refractivity contribution in [2.45, 2.75) is 49.8 Å². The second-order valence-electron chi connectivity index (χ2n) is 9.22. The van der Waals surface area contributed by atoms with Crippen molar-refractivity contribution in [1.82, 2.24) is 10.6 Å². The van der Waals surface area contributed by atoms with Crippen molar-refractivity contribution in [3.8, 4) is 6.07 Å². The summed E-state index contributed by atoms with van der Waals surface area (Å²) in [6.45, 7) is 0. The van der Waals surface area contributed by atoms with Gasteiger partial charge in [0.05, 0.1) is 32.3 Å². The number of thioether (sulfide) groups is 1. The van der Waals surface area contributed by atoms with Crippen molar-refractivity contribution >= 4 is 58.6 Å². The van der Waals surface area contributed by atoms with Crippen LogP contribution >= 0.6 is 35.0 Å². The number of para-hydroxylation sites is 1. The van der Waals surface area contributed by atoms with Crippen molar-refractivity contribution in [1.29, 1.82) is 5.26 Å². The summed E-state index contributed by atoms with van der Waals surface area (Å²) >= 11 is 13.6. The Balaban J connectivity index is 1.57. The molecule has 1 aliphatic carbocycles. The average molecular weight is 574 g/mol. The largest absolute Gasteiger partial charge is 0.480 e. The molecule has 1 heterocycles. The highest BCUT2D eigenvalue weighted by atomic mass is 35.5. The zero-order chi connectivity index (χ0) is 27.2. The van der Waals surface area contributed by atoms with Crippen molar-refractivity contribution in [3.63, 3.8) is 0 Å². The van der Waals surface area contributed by atoms with Crippen LogP contribution in [0.2, 0.25) is 10.0 Å². The molecule has 0 aromatic heterocycles. The lowest BCUT2D eigenvalue weighted by Crippen LogP contribution is -2.47. The molecule has 1 fully saturated rings. The highest BCUT2D eigenvalue weighted by molar-refractivity contribution is 8.04. The van der Waals surface area contributed by atoms with E-state index >= 15 is 0 Å². The molecule has 38 heavy (non-hydrogen) atoms. The Hall–Kier alpha value is -3.19. The Morgan fingerprint density at radius 2 is 1.66 bits per heavy atom. The van der Waals surface area contributed by atoms with E-state index in [1.54, 1.807) is 42.5 Å². The lowest BCUT2D eigenvalue weighted by molar-refractivity contribution is -0.143. The summed E-state index contributed by atoms with van der Waals surface area (Å²) < 4.78 is 0. The van der Waals surface area contributed by atoms with E-state index in [0.29, 0.717) is 17.7 Å². The van der Waals surface area contributed by atoms with Crippen molar-refractivity contribution in [3.05, 3.63) is 74.2 Å². The molecule has 1 aliphatic heterocycles. The molecule has 198 valence electrons. The summed E-state index contributed by atoms with van der Waals surface area (Å²) in [6, 6.07) is 12.3. The Morgan fingerprint density at radius 1 is 1.00 bits per heavy atom. The summed E-state index contributed by atoms with van der Waals surface area (Å²) in [5, 5.41) is 27.3. The van der Waals surface area contributed by atoms with Crippen LogP contribution in [0.3, 0.4) is 0 Å². The number of carbonyl (C=O) groups is 3. The number of amides is 3. The van der Waals surface area contributed by atoms with Crippen molar-refractivity contribution < 1.29 is 19.5 Å². The summed E-state index contributed by atoms with van der Waals surface area (Å²) in [5.74, 6) is -1.76. The van der Waals surface area contributed by atoms with Crippen LogP contribution in [-0.4, -0.2) is 29.1 Å². The molecule has 2 aliphatic rings. The number of carbonyl (C=O) groups excluding carboxylic acids is 2. The molecule has 0 spiro atoms. The summed E-state index contributed by atoms with van der Waals surface area (Å²) in [4.78, 5) is 38.6. The number of nitrogens with one attached hydrogen (secondary N) is 3. The monoisotopic (exact) mass is 572 g/mol. The summed E-state index contributed by atoms with van der Waals surface area (Å²) in [5.41, 5.74) is 1.97. The number of anilines is 1. The van der Waals surface area contributed by atoms with Crippen LogP contribution in [0, 0.1) is 17.2 Å². The first-order valence-electron chi connectivity index (χ1n) is 12.2. The van der Waals surface area contributed by atoms with Crippen molar-refractivity contribution in [2.75, 3.05) is 5.32 Å². The maximum Gasteiger partial charge on any atom is 0.326 e. The van der Waals surface area contributed by atoms with Crippen LogP contribution in [-0.2, 0) is 9.59 Å². The first-order chi connectivity index (χ1) is 18.3. The molecule has 0 radical (unpaired) electrons. The second-order valence-corrected chi connectivity index (χ2v) is 11.2. The molecule has 0 bridgehead atoms. The number of nitriles is 1. The van der Waals surface area contributed by atoms with Crippen LogP contribution in [0.5, 0.6) is 0 Å². The second kappa shape index (κ2) is 12.6. The van der Waals surface area contributed by atoms with Crippen LogP contribution in [0.4, 0.5) is 10.5 Å². The fourth-order valence-corrected chi connectivity index (χ4v) is 6.51. The van der Waals surface area contributed by atoms with E-state index in [4.69, 9.17) is 28.5 Å². The van der Waals surface area contributed by atoms with Gasteiger partial charge in [0.2, 0.25) is 0 Å². The van der Waals surface area contributed by atoms with E-state index in [1.165, 1.54) is 11.8 Å². The van der Waals surface area contributed by atoms with Crippen molar-refractivity contribution in [2.24, 2.45) is 5.92 Å². The molecule has 1 saturated carbocycles. The van der Waals surface area contributed by atoms with Gasteiger partial charge in [-0.05, 0) is 48.6 Å². The summed E-state index contributed by atoms with van der Waals surface area (Å²) in [6.07, 6.45) is 4.71. The van der Waals surface area contributed by atoms with Gasteiger partial charge < -0.3 is 21.1 Å². The van der Waals surface area contributed by atoms with E-state index in [0.717, 1.165) is 37.7 Å². The van der Waals surface area contributed by atoms with Gasteiger partial charge in [-0.2, -0.15) is 5.26 Å². The third-order valence-corrected chi connectivity index (χ3v) is 8.70. The number of urea groups is 1. The SMILES string of the molecule is N#Cc1ccc(C2CC(NC(=O)Nc3c(Cl)cccc3Cl)=C(C(=O)N[C@H](C(=O)O)C3CCCCC3)S2)cc1. The molecular weight excluding hydrogens is 547 g/mol. The summed E-state index contributed by atoms with van der Waals surface area (Å²) in [7, 11) is 0.